The molecule has 0 fully saturated rings. The molecule has 2 unspecified atom stereocenters. The fraction of sp³-hybridized carbons (Fsp3) is 0.500. The molecule has 8 heteroatoms. The summed E-state index contributed by atoms with van der Waals surface area (Å²) in [5.41, 5.74) is 3.82. The van der Waals surface area contributed by atoms with Crippen LogP contribution in [-0.2, 0) is 21.9 Å². The molecule has 5 nitrogen and oxygen atoms in total. The van der Waals surface area contributed by atoms with Crippen LogP contribution in [0, 0.1) is 11.3 Å². The number of aromatic nitrogens is 2. The number of nitrogens with zero attached hydrogens (tertiary/aromatic N) is 2. The molecule has 2 atom stereocenters. The molecule has 3 rings (SSSR count). The summed E-state index contributed by atoms with van der Waals surface area (Å²) in [6.45, 7) is 18.7. The molecule has 40 heavy (non-hydrogen) atoms. The minimum absolute atomic E-state index is 0.00339. The van der Waals surface area contributed by atoms with Crippen molar-refractivity contribution in [2.75, 3.05) is 6.61 Å². The van der Waals surface area contributed by atoms with Crippen molar-refractivity contribution >= 4 is 28.2 Å². The Labute approximate surface area is 248 Å². The molecule has 0 bridgehead atoms. The maximum atomic E-state index is 9.94. The number of halogens is 1. The van der Waals surface area contributed by atoms with Gasteiger partial charge in [-0.05, 0) is 60.4 Å². The van der Waals surface area contributed by atoms with Crippen LogP contribution in [0.3, 0.4) is 0 Å². The summed E-state index contributed by atoms with van der Waals surface area (Å²) in [5.74, 6) is 1.01. The molecule has 0 saturated heterocycles. The van der Waals surface area contributed by atoms with Crippen molar-refractivity contribution in [2.24, 2.45) is 0 Å². The van der Waals surface area contributed by atoms with E-state index in [0.717, 1.165) is 47.5 Å². The van der Waals surface area contributed by atoms with Crippen LogP contribution < -0.4 is 0 Å². The van der Waals surface area contributed by atoms with Crippen LogP contribution in [0.5, 0.6) is 0 Å². The highest BCUT2D eigenvalue weighted by molar-refractivity contribution is 6.74. The van der Waals surface area contributed by atoms with Crippen molar-refractivity contribution in [3.05, 3.63) is 88.0 Å². The van der Waals surface area contributed by atoms with Crippen LogP contribution >= 0.6 is 11.6 Å². The molecule has 0 aliphatic heterocycles. The standard InChI is InChI=1S/C32H46ClN3O2Si2/c1-9-10-16-31-35-21-29(36-31)27(23-38-40(7,8)32(2,3)4)25-17-18-26(28(33)19-25)22-37-39(5,6)30(20-34)24-14-12-11-13-15-24/h11-15,17-19,21,27,30H,9-10,16,22-23H2,1-8H3,(H,35,36). The van der Waals surface area contributed by atoms with E-state index >= 15 is 0 Å². The normalized spacial score (nSPS) is 14.1. The summed E-state index contributed by atoms with van der Waals surface area (Å²) < 4.78 is 13.2. The number of H-pyrrole nitrogens is 1. The number of unbranched alkanes of at least 4 members (excludes halogenated alkanes) is 1. The van der Waals surface area contributed by atoms with Gasteiger partial charge in [-0.3, -0.25) is 0 Å². The molecule has 216 valence electrons. The average Bonchev–Trinajstić information content (AvgIpc) is 3.36. The second kappa shape index (κ2) is 13.6. The number of aromatic amines is 1. The lowest BCUT2D eigenvalue weighted by molar-refractivity contribution is 0.274. The Balaban J connectivity index is 1.83. The topological polar surface area (TPSA) is 70.9 Å². The molecule has 1 N–H and O–H groups in total. The number of nitrogens with one attached hydrogen (secondary N) is 1. The zero-order valence-electron chi connectivity index (χ0n) is 25.5. The van der Waals surface area contributed by atoms with Crippen LogP contribution in [0.1, 0.15) is 80.2 Å². The lowest BCUT2D eigenvalue weighted by atomic mass is 9.96. The van der Waals surface area contributed by atoms with Gasteiger partial charge in [0.1, 0.15) is 5.82 Å². The smallest absolute Gasteiger partial charge is 0.208 e. The van der Waals surface area contributed by atoms with E-state index < -0.39 is 16.6 Å². The number of rotatable bonds is 13. The maximum Gasteiger partial charge on any atom is 0.208 e. The lowest BCUT2D eigenvalue weighted by Gasteiger charge is -2.37. The monoisotopic (exact) mass is 595 g/mol. The zero-order valence-corrected chi connectivity index (χ0v) is 28.2. The Kier molecular flexibility index (Phi) is 11.0. The molecule has 0 spiro atoms. The molecule has 3 aromatic rings. The quantitative estimate of drug-likeness (QED) is 0.200. The minimum atomic E-state index is -2.38. The first-order valence-corrected chi connectivity index (χ1v) is 20.6. The number of imidazole rings is 1. The number of hydrogen-bond donors (Lipinski definition) is 1. The molecule has 0 amide bonds. The van der Waals surface area contributed by atoms with Gasteiger partial charge in [0, 0.05) is 35.9 Å². The summed E-state index contributed by atoms with van der Waals surface area (Å²) >= 11 is 6.87. The van der Waals surface area contributed by atoms with E-state index in [2.05, 4.69) is 82.1 Å². The molecule has 0 saturated carbocycles. The van der Waals surface area contributed by atoms with Crippen LogP contribution in [0.25, 0.3) is 0 Å². The number of hydrogen-bond acceptors (Lipinski definition) is 4. The van der Waals surface area contributed by atoms with E-state index in [9.17, 15) is 5.26 Å². The van der Waals surface area contributed by atoms with Gasteiger partial charge in [0.15, 0.2) is 8.32 Å². The largest absolute Gasteiger partial charge is 0.416 e. The minimum Gasteiger partial charge on any atom is -0.416 e. The lowest BCUT2D eigenvalue weighted by Crippen LogP contribution is -2.41. The van der Waals surface area contributed by atoms with E-state index in [1.165, 1.54) is 0 Å². The van der Waals surface area contributed by atoms with Gasteiger partial charge in [-0.15, -0.1) is 0 Å². The van der Waals surface area contributed by atoms with Crippen molar-refractivity contribution in [3.63, 3.8) is 0 Å². The fourth-order valence-electron chi connectivity index (χ4n) is 4.42. The molecule has 1 aromatic heterocycles. The molecule has 2 aromatic carbocycles. The Hall–Kier alpha value is -2.22. The highest BCUT2D eigenvalue weighted by Gasteiger charge is 2.38. The van der Waals surface area contributed by atoms with Crippen molar-refractivity contribution in [1.29, 1.82) is 5.26 Å². The van der Waals surface area contributed by atoms with Crippen LogP contribution in [0.2, 0.25) is 36.2 Å². The molecular formula is C32H46ClN3O2Si2. The van der Waals surface area contributed by atoms with Crippen LogP contribution in [0.15, 0.2) is 54.7 Å². The van der Waals surface area contributed by atoms with Crippen molar-refractivity contribution in [2.45, 2.75) is 96.2 Å². The van der Waals surface area contributed by atoms with E-state index in [4.69, 9.17) is 20.5 Å². The Bertz CT molecular complexity index is 1280. The van der Waals surface area contributed by atoms with Gasteiger partial charge >= 0.3 is 0 Å². The van der Waals surface area contributed by atoms with Crippen LogP contribution in [0.4, 0.5) is 0 Å². The number of benzene rings is 2. The van der Waals surface area contributed by atoms with Gasteiger partial charge in [0.05, 0.1) is 18.2 Å². The number of aryl methyl sites for hydroxylation is 1. The summed E-state index contributed by atoms with van der Waals surface area (Å²) in [5, 5.41) is 10.7. The predicted molar refractivity (Wildman–Crippen MR) is 171 cm³/mol. The summed E-state index contributed by atoms with van der Waals surface area (Å²) in [7, 11) is -4.33. The van der Waals surface area contributed by atoms with Crippen molar-refractivity contribution in [3.8, 4) is 6.07 Å². The van der Waals surface area contributed by atoms with Gasteiger partial charge in [-0.25, -0.2) is 4.98 Å². The van der Waals surface area contributed by atoms with Crippen molar-refractivity contribution in [1.82, 2.24) is 9.97 Å². The number of nitriles is 1. The van der Waals surface area contributed by atoms with E-state index in [1.54, 1.807) is 0 Å². The first-order valence-electron chi connectivity index (χ1n) is 14.3. The second-order valence-corrected chi connectivity index (χ2v) is 22.0. The summed E-state index contributed by atoms with van der Waals surface area (Å²) in [4.78, 5) is 8.23. The van der Waals surface area contributed by atoms with Gasteiger partial charge in [-0.2, -0.15) is 5.26 Å². The maximum absolute atomic E-state index is 9.94. The molecule has 0 aliphatic rings. The third kappa shape index (κ3) is 8.17. The van der Waals surface area contributed by atoms with E-state index in [-0.39, 0.29) is 16.5 Å². The summed E-state index contributed by atoms with van der Waals surface area (Å²) in [6.07, 6.45) is 5.13. The Morgan fingerprint density at radius 1 is 1.02 bits per heavy atom. The Morgan fingerprint density at radius 2 is 1.73 bits per heavy atom. The Morgan fingerprint density at radius 3 is 2.33 bits per heavy atom. The highest BCUT2D eigenvalue weighted by Crippen LogP contribution is 2.38. The third-order valence-corrected chi connectivity index (χ3v) is 15.8. The van der Waals surface area contributed by atoms with Gasteiger partial charge < -0.3 is 13.8 Å². The van der Waals surface area contributed by atoms with Crippen LogP contribution in [-0.4, -0.2) is 33.2 Å². The fourth-order valence-corrected chi connectivity index (χ4v) is 7.68. The molecule has 0 radical (unpaired) electrons. The summed E-state index contributed by atoms with van der Waals surface area (Å²) in [6, 6.07) is 18.6. The third-order valence-electron chi connectivity index (χ3n) is 8.24. The van der Waals surface area contributed by atoms with E-state index in [0.29, 0.717) is 18.2 Å². The van der Waals surface area contributed by atoms with E-state index in [1.807, 2.05) is 42.6 Å². The second-order valence-electron chi connectivity index (χ2n) is 12.7. The first-order chi connectivity index (χ1) is 18.8. The first kappa shape index (κ1) is 32.3. The van der Waals surface area contributed by atoms with Crippen molar-refractivity contribution < 1.29 is 8.85 Å². The molecule has 0 aliphatic carbocycles. The van der Waals surface area contributed by atoms with Gasteiger partial charge in [0.25, 0.3) is 0 Å². The highest BCUT2D eigenvalue weighted by atomic mass is 35.5. The average molecular weight is 596 g/mol. The molecular weight excluding hydrogens is 550 g/mol. The SMILES string of the molecule is CCCCc1ncc(C(CO[Si](C)(C)C(C)(C)C)c2ccc(CO[Si](C)(C)C(C#N)c3ccccc3)c(Cl)c2)[nH]1. The zero-order chi connectivity index (χ0) is 29.6. The van der Waals surface area contributed by atoms with Gasteiger partial charge in [-0.1, -0.05) is 88.2 Å². The van der Waals surface area contributed by atoms with Gasteiger partial charge in [0.2, 0.25) is 8.32 Å². The predicted octanol–water partition coefficient (Wildman–Crippen LogP) is 9.13. The molecule has 1 heterocycles.